The Kier molecular flexibility index (Phi) is 5.38. The summed E-state index contributed by atoms with van der Waals surface area (Å²) in [6.45, 7) is 5.97. The highest BCUT2D eigenvalue weighted by atomic mass is 32.2. The monoisotopic (exact) mass is 215 g/mol. The highest BCUT2D eigenvalue weighted by Gasteiger charge is 2.05. The minimum atomic E-state index is -3.09. The van der Waals surface area contributed by atoms with E-state index in [4.69, 9.17) is 0 Å². The van der Waals surface area contributed by atoms with Crippen LogP contribution in [0.4, 0.5) is 0 Å². The molecule has 0 radical (unpaired) electrons. The summed E-state index contributed by atoms with van der Waals surface area (Å²) >= 11 is 0. The van der Waals surface area contributed by atoms with Gasteiger partial charge in [0, 0.05) is 18.1 Å². The van der Waals surface area contributed by atoms with Gasteiger partial charge in [-0.1, -0.05) is 20.8 Å². The molecule has 0 aliphatic carbocycles. The third-order valence-corrected chi connectivity index (χ3v) is 2.69. The number of nitrogens with zero attached hydrogens (tertiary/aromatic N) is 1. The van der Waals surface area contributed by atoms with Gasteiger partial charge in [0.2, 0.25) is 0 Å². The maximum atomic E-state index is 11.0. The first kappa shape index (κ1) is 13.1. The normalized spacial score (nSPS) is 10.3. The van der Waals surface area contributed by atoms with Crippen molar-refractivity contribution in [2.75, 3.05) is 6.26 Å². The highest BCUT2D eigenvalue weighted by Crippen LogP contribution is 2.07. The predicted octanol–water partition coefficient (Wildman–Crippen LogP) is 2.07. The number of aromatic nitrogens is 1. The molecule has 0 fully saturated rings. The molecule has 1 aromatic heterocycles. The minimum absolute atomic E-state index is 0.278. The van der Waals surface area contributed by atoms with Crippen LogP contribution in [-0.4, -0.2) is 19.7 Å². The van der Waals surface area contributed by atoms with Gasteiger partial charge in [0.15, 0.2) is 9.84 Å². The fourth-order valence-electron chi connectivity index (χ4n) is 0.839. The van der Waals surface area contributed by atoms with Crippen LogP contribution >= 0.6 is 0 Å². The Labute approximate surface area is 86.1 Å². The van der Waals surface area contributed by atoms with Crippen molar-refractivity contribution in [1.29, 1.82) is 0 Å². The first-order valence-corrected chi connectivity index (χ1v) is 6.58. The predicted molar refractivity (Wildman–Crippen MR) is 58.1 cm³/mol. The lowest BCUT2D eigenvalue weighted by atomic mass is 10.3. The second-order valence-corrected chi connectivity index (χ2v) is 4.63. The Bertz CT molecular complexity index is 354. The Morgan fingerprint density at radius 3 is 2.14 bits per heavy atom. The Morgan fingerprint density at radius 1 is 1.29 bits per heavy atom. The van der Waals surface area contributed by atoms with Crippen LogP contribution in [0.3, 0.4) is 0 Å². The van der Waals surface area contributed by atoms with E-state index in [9.17, 15) is 8.42 Å². The van der Waals surface area contributed by atoms with Crippen LogP contribution in [0.5, 0.6) is 0 Å². The molecule has 0 aliphatic rings. The summed E-state index contributed by atoms with van der Waals surface area (Å²) in [5.74, 6) is 0. The second-order valence-electron chi connectivity index (χ2n) is 2.61. The van der Waals surface area contributed by atoms with Crippen molar-refractivity contribution in [3.05, 3.63) is 24.0 Å². The average molecular weight is 215 g/mol. The van der Waals surface area contributed by atoms with Gasteiger partial charge in [0.1, 0.15) is 0 Å². The zero-order chi connectivity index (χ0) is 11.2. The van der Waals surface area contributed by atoms with Gasteiger partial charge in [0.05, 0.1) is 4.90 Å². The van der Waals surface area contributed by atoms with Gasteiger partial charge in [-0.2, -0.15) is 0 Å². The number of sulfone groups is 1. The molecule has 0 saturated carbocycles. The van der Waals surface area contributed by atoms with Crippen molar-refractivity contribution < 1.29 is 8.42 Å². The number of hydrogen-bond donors (Lipinski definition) is 0. The molecule has 0 N–H and O–H groups in total. The lowest BCUT2D eigenvalue weighted by molar-refractivity contribution is 0.601. The highest BCUT2D eigenvalue weighted by molar-refractivity contribution is 7.90. The summed E-state index contributed by atoms with van der Waals surface area (Å²) in [4.78, 5) is 4.26. The summed E-state index contributed by atoms with van der Waals surface area (Å²) in [6.07, 6.45) is 3.40. The van der Waals surface area contributed by atoms with Gasteiger partial charge in [-0.3, -0.25) is 4.98 Å². The number of pyridine rings is 1. The van der Waals surface area contributed by atoms with Gasteiger partial charge in [0.25, 0.3) is 0 Å². The maximum Gasteiger partial charge on any atom is 0.177 e. The van der Waals surface area contributed by atoms with Crippen molar-refractivity contribution in [3.8, 4) is 0 Å². The topological polar surface area (TPSA) is 47.0 Å². The van der Waals surface area contributed by atoms with Crippen molar-refractivity contribution in [2.24, 2.45) is 0 Å². The molecular formula is C10H17NO2S. The van der Waals surface area contributed by atoms with Gasteiger partial charge in [-0.05, 0) is 18.6 Å². The van der Waals surface area contributed by atoms with E-state index in [-0.39, 0.29) is 4.90 Å². The van der Waals surface area contributed by atoms with E-state index in [1.807, 2.05) is 20.8 Å². The summed E-state index contributed by atoms with van der Waals surface area (Å²) in [5.41, 5.74) is 0.905. The van der Waals surface area contributed by atoms with Crippen LogP contribution in [-0.2, 0) is 16.3 Å². The molecule has 0 atom stereocenters. The summed E-state index contributed by atoms with van der Waals surface area (Å²) < 4.78 is 22.0. The fraction of sp³-hybridized carbons (Fsp3) is 0.500. The van der Waals surface area contributed by atoms with Crippen LogP contribution < -0.4 is 0 Å². The molecule has 0 aliphatic heterocycles. The van der Waals surface area contributed by atoms with Gasteiger partial charge in [-0.15, -0.1) is 0 Å². The summed E-state index contributed by atoms with van der Waals surface area (Å²) in [5, 5.41) is 0. The molecule has 0 bridgehead atoms. The van der Waals surface area contributed by atoms with E-state index < -0.39 is 9.84 Å². The standard InChI is InChI=1S/C8H11NO2S.C2H6/c1-3-7-4-5-8(6-9-7)12(2,10)11;1-2/h4-6H,3H2,1-2H3;1-2H3. The van der Waals surface area contributed by atoms with Crippen LogP contribution in [0.25, 0.3) is 0 Å². The first-order chi connectivity index (χ1) is 6.54. The van der Waals surface area contributed by atoms with Crippen LogP contribution in [0.1, 0.15) is 26.5 Å². The molecule has 0 amide bonds. The number of hydrogen-bond acceptors (Lipinski definition) is 3. The lowest BCUT2D eigenvalue weighted by Crippen LogP contribution is -1.98. The molecule has 0 saturated heterocycles. The van der Waals surface area contributed by atoms with E-state index in [0.29, 0.717) is 0 Å². The van der Waals surface area contributed by atoms with Crippen molar-refractivity contribution in [2.45, 2.75) is 32.1 Å². The molecule has 0 unspecified atom stereocenters. The van der Waals surface area contributed by atoms with Gasteiger partial charge in [-0.25, -0.2) is 8.42 Å². The second kappa shape index (κ2) is 5.75. The zero-order valence-corrected chi connectivity index (χ0v) is 9.93. The zero-order valence-electron chi connectivity index (χ0n) is 9.11. The number of rotatable bonds is 2. The van der Waals surface area contributed by atoms with Gasteiger partial charge < -0.3 is 0 Å². The first-order valence-electron chi connectivity index (χ1n) is 4.69. The Morgan fingerprint density at radius 2 is 1.86 bits per heavy atom. The van der Waals surface area contributed by atoms with Crippen LogP contribution in [0.15, 0.2) is 23.2 Å². The molecule has 3 nitrogen and oxygen atoms in total. The SMILES string of the molecule is CC.CCc1ccc(S(C)(=O)=O)cn1. The summed E-state index contributed by atoms with van der Waals surface area (Å²) in [7, 11) is -3.09. The Balaban J connectivity index is 0.000000791. The molecular weight excluding hydrogens is 198 g/mol. The van der Waals surface area contributed by atoms with E-state index >= 15 is 0 Å². The minimum Gasteiger partial charge on any atom is -0.260 e. The van der Waals surface area contributed by atoms with Crippen molar-refractivity contribution >= 4 is 9.84 Å². The smallest absolute Gasteiger partial charge is 0.177 e. The molecule has 4 heteroatoms. The third-order valence-electron chi connectivity index (χ3n) is 1.59. The number of aryl methyl sites for hydroxylation is 1. The largest absolute Gasteiger partial charge is 0.260 e. The molecule has 1 aromatic rings. The average Bonchev–Trinajstić information content (AvgIpc) is 2.20. The van der Waals surface area contributed by atoms with E-state index in [2.05, 4.69) is 4.98 Å². The fourth-order valence-corrected chi connectivity index (χ4v) is 1.40. The van der Waals surface area contributed by atoms with E-state index in [0.717, 1.165) is 12.1 Å². The van der Waals surface area contributed by atoms with Crippen molar-refractivity contribution in [3.63, 3.8) is 0 Å². The Hall–Kier alpha value is -0.900. The molecule has 80 valence electrons. The third kappa shape index (κ3) is 3.87. The molecule has 1 rings (SSSR count). The van der Waals surface area contributed by atoms with Crippen LogP contribution in [0.2, 0.25) is 0 Å². The molecule has 0 spiro atoms. The quantitative estimate of drug-likeness (QED) is 0.758. The molecule has 0 aromatic carbocycles. The van der Waals surface area contributed by atoms with Crippen LogP contribution in [0, 0.1) is 0 Å². The molecule has 1 heterocycles. The van der Waals surface area contributed by atoms with E-state index in [1.54, 1.807) is 12.1 Å². The maximum absolute atomic E-state index is 11.0. The van der Waals surface area contributed by atoms with Gasteiger partial charge >= 0.3 is 0 Å². The summed E-state index contributed by atoms with van der Waals surface area (Å²) in [6, 6.07) is 3.32. The lowest BCUT2D eigenvalue weighted by Gasteiger charge is -1.98. The van der Waals surface area contributed by atoms with E-state index in [1.165, 1.54) is 12.5 Å². The molecule has 14 heavy (non-hydrogen) atoms. The van der Waals surface area contributed by atoms with Crippen molar-refractivity contribution in [1.82, 2.24) is 4.98 Å².